The Kier molecular flexibility index (Phi) is 8.06. The highest BCUT2D eigenvalue weighted by Gasteiger charge is 2.34. The molecule has 0 bridgehead atoms. The van der Waals surface area contributed by atoms with Crippen LogP contribution >= 0.6 is 0 Å². The highest BCUT2D eigenvalue weighted by atomic mass is 19.4. The third-order valence-corrected chi connectivity index (χ3v) is 6.59. The second-order valence-corrected chi connectivity index (χ2v) is 9.39. The van der Waals surface area contributed by atoms with Crippen LogP contribution in [0.15, 0.2) is 66.9 Å². The first kappa shape index (κ1) is 29.2. The molecule has 0 aliphatic carbocycles. The number of carbonyl (C=O) groups excluding carboxylic acids is 1. The van der Waals surface area contributed by atoms with Gasteiger partial charge >= 0.3 is 6.18 Å². The first-order chi connectivity index (χ1) is 20.6. The molecule has 0 saturated carbocycles. The Morgan fingerprint density at radius 1 is 1.00 bits per heavy atom. The Hall–Kier alpha value is -5.33. The van der Waals surface area contributed by atoms with E-state index in [0.717, 1.165) is 6.07 Å². The predicted octanol–water partition coefficient (Wildman–Crippen LogP) is 5.19. The lowest BCUT2D eigenvalue weighted by atomic mass is 10.1. The molecule has 3 aromatic heterocycles. The summed E-state index contributed by atoms with van der Waals surface area (Å²) in [6.07, 6.45) is -3.40. The van der Waals surface area contributed by atoms with Crippen LogP contribution in [0.4, 0.5) is 19.0 Å². The zero-order valence-corrected chi connectivity index (χ0v) is 23.4. The number of imidazole rings is 1. The molecule has 0 saturated heterocycles. The van der Waals surface area contributed by atoms with E-state index < -0.39 is 17.6 Å². The van der Waals surface area contributed by atoms with Crippen molar-refractivity contribution in [2.45, 2.75) is 13.1 Å². The topological polar surface area (TPSA) is 126 Å². The lowest BCUT2D eigenvalue weighted by molar-refractivity contribution is -0.137. The van der Waals surface area contributed by atoms with Crippen LogP contribution in [0.1, 0.15) is 21.6 Å². The third kappa shape index (κ3) is 6.15. The van der Waals surface area contributed by atoms with Gasteiger partial charge in [0, 0.05) is 22.9 Å². The third-order valence-electron chi connectivity index (χ3n) is 6.59. The Morgan fingerprint density at radius 3 is 2.56 bits per heavy atom. The fourth-order valence-electron chi connectivity index (χ4n) is 4.50. The van der Waals surface area contributed by atoms with Crippen molar-refractivity contribution in [1.29, 1.82) is 0 Å². The molecule has 3 heterocycles. The summed E-state index contributed by atoms with van der Waals surface area (Å²) in [7, 11) is 3.03. The lowest BCUT2D eigenvalue weighted by Crippen LogP contribution is -2.28. The monoisotopic (exact) mass is 592 g/mol. The van der Waals surface area contributed by atoms with Crippen LogP contribution in [0, 0.1) is 6.92 Å². The molecule has 0 aliphatic heterocycles. The molecule has 1 amide bonds. The number of pyridine rings is 1. The SMILES string of the molecule is COc1cccc(C(=O)NCCOc2ccc(-c3ccc4nc(C)c(-c5cnc(N)c(C(F)(F)F)c5)n4n3)cc2OC)c1. The number of methoxy groups -OCH3 is 2. The molecule has 10 nitrogen and oxygen atoms in total. The lowest BCUT2D eigenvalue weighted by Gasteiger charge is -2.13. The molecule has 2 aromatic carbocycles. The maximum absolute atomic E-state index is 13.5. The molecule has 43 heavy (non-hydrogen) atoms. The van der Waals surface area contributed by atoms with Gasteiger partial charge in [-0.1, -0.05) is 6.07 Å². The summed E-state index contributed by atoms with van der Waals surface area (Å²) in [5.41, 5.74) is 7.57. The Bertz CT molecular complexity index is 1810. The van der Waals surface area contributed by atoms with E-state index in [-0.39, 0.29) is 24.6 Å². The molecule has 5 rings (SSSR count). The van der Waals surface area contributed by atoms with E-state index in [1.165, 1.54) is 24.9 Å². The smallest absolute Gasteiger partial charge is 0.419 e. The Labute approximate surface area is 244 Å². The number of aryl methyl sites for hydroxylation is 1. The van der Waals surface area contributed by atoms with Gasteiger partial charge in [0.05, 0.1) is 43.4 Å². The molecule has 13 heteroatoms. The molecular weight excluding hydrogens is 565 g/mol. The number of fused-ring (bicyclic) bond motifs is 1. The Morgan fingerprint density at radius 2 is 1.81 bits per heavy atom. The van der Waals surface area contributed by atoms with Crippen LogP contribution < -0.4 is 25.3 Å². The molecule has 222 valence electrons. The second kappa shape index (κ2) is 11.9. The van der Waals surface area contributed by atoms with Gasteiger partial charge in [-0.05, 0) is 61.5 Å². The second-order valence-electron chi connectivity index (χ2n) is 9.39. The minimum absolute atomic E-state index is 0.177. The van der Waals surface area contributed by atoms with Crippen molar-refractivity contribution in [3.63, 3.8) is 0 Å². The summed E-state index contributed by atoms with van der Waals surface area (Å²) in [5, 5.41) is 7.45. The molecule has 0 atom stereocenters. The molecule has 0 spiro atoms. The number of nitrogen functional groups attached to an aromatic ring is 1. The van der Waals surface area contributed by atoms with Gasteiger partial charge in [0.25, 0.3) is 5.91 Å². The number of carbonyl (C=O) groups is 1. The van der Waals surface area contributed by atoms with Crippen LogP contribution in [0.2, 0.25) is 0 Å². The number of ether oxygens (including phenoxy) is 3. The van der Waals surface area contributed by atoms with Crippen molar-refractivity contribution in [2.24, 2.45) is 0 Å². The van der Waals surface area contributed by atoms with Crippen LogP contribution in [0.25, 0.3) is 28.2 Å². The number of alkyl halides is 3. The molecule has 0 aliphatic rings. The molecule has 0 fully saturated rings. The van der Waals surface area contributed by atoms with Crippen molar-refractivity contribution in [2.75, 3.05) is 33.1 Å². The van der Waals surface area contributed by atoms with E-state index in [0.29, 0.717) is 51.1 Å². The molecule has 3 N–H and O–H groups in total. The zero-order chi connectivity index (χ0) is 30.7. The number of aromatic nitrogens is 4. The number of hydrogen-bond donors (Lipinski definition) is 2. The molecule has 5 aromatic rings. The van der Waals surface area contributed by atoms with Crippen molar-refractivity contribution in [3.05, 3.63) is 83.7 Å². The summed E-state index contributed by atoms with van der Waals surface area (Å²) in [6, 6.07) is 16.4. The normalized spacial score (nSPS) is 11.4. The first-order valence-electron chi connectivity index (χ1n) is 13.0. The van der Waals surface area contributed by atoms with Crippen molar-refractivity contribution < 1.29 is 32.2 Å². The summed E-state index contributed by atoms with van der Waals surface area (Å²) >= 11 is 0. The molecular formula is C30H27F3N6O4. The van der Waals surface area contributed by atoms with E-state index >= 15 is 0 Å². The van der Waals surface area contributed by atoms with E-state index in [4.69, 9.17) is 19.9 Å². The van der Waals surface area contributed by atoms with Gasteiger partial charge in [0.1, 0.15) is 18.2 Å². The van der Waals surface area contributed by atoms with Crippen molar-refractivity contribution >= 4 is 17.4 Å². The van der Waals surface area contributed by atoms with Gasteiger partial charge in [-0.3, -0.25) is 4.79 Å². The number of benzene rings is 2. The zero-order valence-electron chi connectivity index (χ0n) is 23.4. The van der Waals surface area contributed by atoms with Gasteiger partial charge in [0.15, 0.2) is 17.1 Å². The van der Waals surface area contributed by atoms with Gasteiger partial charge in [-0.15, -0.1) is 0 Å². The fourth-order valence-corrected chi connectivity index (χ4v) is 4.50. The minimum atomic E-state index is -4.66. The number of nitrogens with two attached hydrogens (primary N) is 1. The quantitative estimate of drug-likeness (QED) is 0.224. The van der Waals surface area contributed by atoms with Crippen LogP contribution in [-0.2, 0) is 6.18 Å². The number of amides is 1. The number of hydrogen-bond acceptors (Lipinski definition) is 8. The average Bonchev–Trinajstić information content (AvgIpc) is 3.33. The fraction of sp³-hybridized carbons (Fsp3) is 0.200. The van der Waals surface area contributed by atoms with Crippen LogP contribution in [0.5, 0.6) is 17.2 Å². The number of rotatable bonds is 9. The average molecular weight is 593 g/mol. The predicted molar refractivity (Wildman–Crippen MR) is 153 cm³/mol. The summed E-state index contributed by atoms with van der Waals surface area (Å²) in [5.74, 6) is 0.599. The number of nitrogens with one attached hydrogen (secondary N) is 1. The van der Waals surface area contributed by atoms with Crippen LogP contribution in [0.3, 0.4) is 0 Å². The Balaban J connectivity index is 1.35. The van der Waals surface area contributed by atoms with E-state index in [1.807, 2.05) is 0 Å². The van der Waals surface area contributed by atoms with Gasteiger partial charge in [-0.25, -0.2) is 14.5 Å². The van der Waals surface area contributed by atoms with Crippen molar-refractivity contribution in [3.8, 4) is 39.8 Å². The molecule has 0 radical (unpaired) electrons. The number of anilines is 1. The highest BCUT2D eigenvalue weighted by molar-refractivity contribution is 5.94. The first-order valence-corrected chi connectivity index (χ1v) is 13.0. The number of halogens is 3. The minimum Gasteiger partial charge on any atom is -0.497 e. The standard InChI is InChI=1S/C30H27F3N6O4/c1-17-27(20-14-22(30(31,32)33)28(34)36-16-20)39-26(37-17)10-8-23(38-39)18-7-9-24(25(15-18)42-3)43-12-11-35-29(40)19-5-4-6-21(13-19)41-2/h4-10,13-16H,11-12H2,1-3H3,(H2,34,36)(H,35,40). The maximum Gasteiger partial charge on any atom is 0.419 e. The highest BCUT2D eigenvalue weighted by Crippen LogP contribution is 2.36. The van der Waals surface area contributed by atoms with E-state index in [2.05, 4.69) is 20.4 Å². The van der Waals surface area contributed by atoms with Gasteiger partial charge in [0.2, 0.25) is 0 Å². The largest absolute Gasteiger partial charge is 0.497 e. The summed E-state index contributed by atoms with van der Waals surface area (Å²) in [6.45, 7) is 2.11. The summed E-state index contributed by atoms with van der Waals surface area (Å²) < 4.78 is 58.5. The summed E-state index contributed by atoms with van der Waals surface area (Å²) in [4.78, 5) is 20.6. The van der Waals surface area contributed by atoms with E-state index in [1.54, 1.807) is 61.5 Å². The van der Waals surface area contributed by atoms with Gasteiger partial charge in [-0.2, -0.15) is 18.3 Å². The maximum atomic E-state index is 13.5. The van der Waals surface area contributed by atoms with Crippen molar-refractivity contribution in [1.82, 2.24) is 24.9 Å². The van der Waals surface area contributed by atoms with E-state index in [9.17, 15) is 18.0 Å². The number of nitrogens with zero attached hydrogens (tertiary/aromatic N) is 4. The van der Waals surface area contributed by atoms with Crippen LogP contribution in [-0.4, -0.2) is 52.9 Å². The van der Waals surface area contributed by atoms with Gasteiger partial charge < -0.3 is 25.3 Å². The molecule has 0 unspecified atom stereocenters.